The predicted molar refractivity (Wildman–Crippen MR) is 66.4 cm³/mol. The zero-order chi connectivity index (χ0) is 9.97. The van der Waals surface area contributed by atoms with E-state index in [1.807, 2.05) is 0 Å². The Morgan fingerprint density at radius 1 is 0.929 bits per heavy atom. The number of hydrogen-bond acceptors (Lipinski definition) is 0. The molecule has 1 heteroatoms. The van der Waals surface area contributed by atoms with Gasteiger partial charge in [0.15, 0.2) is 0 Å². The molecule has 1 saturated carbocycles. The summed E-state index contributed by atoms with van der Waals surface area (Å²) in [6, 6.07) is 0. The minimum atomic E-state index is 0.453. The first-order chi connectivity index (χ1) is 6.75. The molecule has 2 atom stereocenters. The summed E-state index contributed by atoms with van der Waals surface area (Å²) in [6.45, 7) is 4.93. The van der Waals surface area contributed by atoms with Crippen LogP contribution in [0.1, 0.15) is 46.0 Å². The summed E-state index contributed by atoms with van der Waals surface area (Å²) in [5.41, 5.74) is 0. The Hall–Kier alpha value is 0.430. The normalized spacial score (nSPS) is 40.3. The standard InChI is InChI=1S/C13H25P/c1-11-8-14(9-12(11)2)10-13-6-4-3-5-7-13/h11-13H,3-10H2,1-2H3. The van der Waals surface area contributed by atoms with E-state index in [9.17, 15) is 0 Å². The topological polar surface area (TPSA) is 0 Å². The van der Waals surface area contributed by atoms with E-state index in [0.717, 1.165) is 17.8 Å². The quantitative estimate of drug-likeness (QED) is 0.597. The Morgan fingerprint density at radius 2 is 1.50 bits per heavy atom. The molecule has 2 aliphatic rings. The maximum atomic E-state index is 2.47. The Bertz CT molecular complexity index is 162. The highest BCUT2D eigenvalue weighted by Gasteiger charge is 2.29. The molecule has 0 N–H and O–H groups in total. The van der Waals surface area contributed by atoms with Crippen LogP contribution in [0.15, 0.2) is 0 Å². The Kier molecular flexibility index (Phi) is 3.88. The molecule has 2 rings (SSSR count). The molecule has 0 bridgehead atoms. The van der Waals surface area contributed by atoms with Crippen LogP contribution in [0, 0.1) is 17.8 Å². The van der Waals surface area contributed by atoms with E-state index < -0.39 is 0 Å². The van der Waals surface area contributed by atoms with Crippen molar-refractivity contribution in [2.45, 2.75) is 46.0 Å². The summed E-state index contributed by atoms with van der Waals surface area (Å²) in [5, 5.41) is 0. The van der Waals surface area contributed by atoms with Gasteiger partial charge in [-0.25, -0.2) is 0 Å². The van der Waals surface area contributed by atoms with E-state index in [2.05, 4.69) is 13.8 Å². The van der Waals surface area contributed by atoms with Crippen LogP contribution < -0.4 is 0 Å². The second-order valence-electron chi connectivity index (χ2n) is 5.68. The van der Waals surface area contributed by atoms with Crippen LogP contribution in [0.4, 0.5) is 0 Å². The van der Waals surface area contributed by atoms with Crippen LogP contribution in [0.3, 0.4) is 0 Å². The molecule has 2 fully saturated rings. The first kappa shape index (κ1) is 10.9. The third kappa shape index (κ3) is 2.72. The fraction of sp³-hybridized carbons (Fsp3) is 1.00. The van der Waals surface area contributed by atoms with Gasteiger partial charge in [0.1, 0.15) is 0 Å². The second kappa shape index (κ2) is 4.97. The van der Waals surface area contributed by atoms with Crippen molar-refractivity contribution in [1.82, 2.24) is 0 Å². The largest absolute Gasteiger partial charge is 0.106 e. The van der Waals surface area contributed by atoms with Crippen molar-refractivity contribution in [3.05, 3.63) is 0 Å². The maximum absolute atomic E-state index is 2.47. The highest BCUT2D eigenvalue weighted by Crippen LogP contribution is 2.51. The smallest absolute Gasteiger partial charge is 0.0297 e. The first-order valence-electron chi connectivity index (χ1n) is 6.48. The Labute approximate surface area is 90.6 Å². The van der Waals surface area contributed by atoms with Gasteiger partial charge in [-0.1, -0.05) is 46.0 Å². The second-order valence-corrected chi connectivity index (χ2v) is 8.11. The lowest BCUT2D eigenvalue weighted by molar-refractivity contribution is 0.389. The lowest BCUT2D eigenvalue weighted by Crippen LogP contribution is -2.10. The summed E-state index contributed by atoms with van der Waals surface area (Å²) in [7, 11) is 0.453. The van der Waals surface area contributed by atoms with Gasteiger partial charge in [0, 0.05) is 0 Å². The predicted octanol–water partition coefficient (Wildman–Crippen LogP) is 4.33. The average Bonchev–Trinajstić information content (AvgIpc) is 2.47. The highest BCUT2D eigenvalue weighted by atomic mass is 31.1. The lowest BCUT2D eigenvalue weighted by Gasteiger charge is -2.24. The van der Waals surface area contributed by atoms with Gasteiger partial charge in [-0.2, -0.15) is 0 Å². The van der Waals surface area contributed by atoms with Crippen molar-refractivity contribution in [2.75, 3.05) is 18.5 Å². The van der Waals surface area contributed by atoms with Gasteiger partial charge in [-0.05, 0) is 36.2 Å². The van der Waals surface area contributed by atoms with Crippen molar-refractivity contribution in [2.24, 2.45) is 17.8 Å². The van der Waals surface area contributed by atoms with Crippen molar-refractivity contribution < 1.29 is 0 Å². The fourth-order valence-corrected chi connectivity index (χ4v) is 7.02. The molecule has 0 spiro atoms. The minimum Gasteiger partial charge on any atom is -0.106 e. The Morgan fingerprint density at radius 3 is 2.07 bits per heavy atom. The van der Waals surface area contributed by atoms with Crippen LogP contribution in [-0.4, -0.2) is 18.5 Å². The van der Waals surface area contributed by atoms with Crippen LogP contribution in [0.5, 0.6) is 0 Å². The molecule has 14 heavy (non-hydrogen) atoms. The molecule has 0 aromatic rings. The maximum Gasteiger partial charge on any atom is -0.0297 e. The van der Waals surface area contributed by atoms with E-state index in [1.54, 1.807) is 31.3 Å². The van der Waals surface area contributed by atoms with Crippen LogP contribution in [0.2, 0.25) is 0 Å². The third-order valence-corrected chi connectivity index (χ3v) is 7.52. The van der Waals surface area contributed by atoms with Gasteiger partial charge in [-0.3, -0.25) is 0 Å². The molecule has 2 unspecified atom stereocenters. The summed E-state index contributed by atoms with van der Waals surface area (Å²) in [5.74, 6) is 3.20. The Balaban J connectivity index is 1.74. The molecule has 1 heterocycles. The first-order valence-corrected chi connectivity index (χ1v) is 8.38. The van der Waals surface area contributed by atoms with Crippen LogP contribution in [0.25, 0.3) is 0 Å². The molecule has 1 aliphatic heterocycles. The molecule has 0 aromatic heterocycles. The zero-order valence-corrected chi connectivity index (χ0v) is 10.7. The number of hydrogen-bond donors (Lipinski definition) is 0. The number of rotatable bonds is 2. The summed E-state index contributed by atoms with van der Waals surface area (Å²) in [6.07, 6.45) is 12.5. The van der Waals surface area contributed by atoms with Gasteiger partial charge in [-0.15, -0.1) is 7.92 Å². The van der Waals surface area contributed by atoms with Crippen molar-refractivity contribution >= 4 is 7.92 Å². The third-order valence-electron chi connectivity index (χ3n) is 4.30. The zero-order valence-electron chi connectivity index (χ0n) is 9.84. The van der Waals surface area contributed by atoms with E-state index in [1.165, 1.54) is 19.3 Å². The van der Waals surface area contributed by atoms with Crippen molar-refractivity contribution in [1.29, 1.82) is 0 Å². The van der Waals surface area contributed by atoms with Gasteiger partial charge in [0.05, 0.1) is 0 Å². The minimum absolute atomic E-state index is 0.453. The molecule has 0 aromatic carbocycles. The van der Waals surface area contributed by atoms with Gasteiger partial charge < -0.3 is 0 Å². The summed E-state index contributed by atoms with van der Waals surface area (Å²) in [4.78, 5) is 0. The summed E-state index contributed by atoms with van der Waals surface area (Å²) >= 11 is 0. The van der Waals surface area contributed by atoms with Gasteiger partial charge in [0.25, 0.3) is 0 Å². The van der Waals surface area contributed by atoms with Crippen LogP contribution in [-0.2, 0) is 0 Å². The van der Waals surface area contributed by atoms with E-state index in [4.69, 9.17) is 0 Å². The SMILES string of the molecule is CC1CP(CC2CCCCC2)CC1C. The van der Waals surface area contributed by atoms with E-state index in [-0.39, 0.29) is 0 Å². The van der Waals surface area contributed by atoms with Crippen molar-refractivity contribution in [3.8, 4) is 0 Å². The highest BCUT2D eigenvalue weighted by molar-refractivity contribution is 7.58. The monoisotopic (exact) mass is 212 g/mol. The van der Waals surface area contributed by atoms with E-state index in [0.29, 0.717) is 7.92 Å². The fourth-order valence-electron chi connectivity index (χ4n) is 3.13. The van der Waals surface area contributed by atoms with E-state index >= 15 is 0 Å². The molecule has 1 saturated heterocycles. The van der Waals surface area contributed by atoms with Crippen LogP contribution >= 0.6 is 7.92 Å². The molecule has 0 amide bonds. The van der Waals surface area contributed by atoms with Gasteiger partial charge >= 0.3 is 0 Å². The van der Waals surface area contributed by atoms with Gasteiger partial charge in [0.2, 0.25) is 0 Å². The summed E-state index contributed by atoms with van der Waals surface area (Å²) < 4.78 is 0. The molecular formula is C13H25P. The molecule has 0 radical (unpaired) electrons. The average molecular weight is 212 g/mol. The van der Waals surface area contributed by atoms with Crippen molar-refractivity contribution in [3.63, 3.8) is 0 Å². The molecule has 1 aliphatic carbocycles. The molecule has 0 nitrogen and oxygen atoms in total. The lowest BCUT2D eigenvalue weighted by atomic mass is 9.91. The molecule has 82 valence electrons. The molecular weight excluding hydrogens is 187 g/mol.